The molecule has 0 aromatic heterocycles. The van der Waals surface area contributed by atoms with Crippen LogP contribution in [-0.2, 0) is 0 Å². The first-order valence-electron chi connectivity index (χ1n) is 5.45. The van der Waals surface area contributed by atoms with E-state index in [1.165, 1.54) is 12.1 Å². The van der Waals surface area contributed by atoms with E-state index in [4.69, 9.17) is 18.0 Å². The van der Waals surface area contributed by atoms with Gasteiger partial charge in [-0.2, -0.15) is 0 Å². The summed E-state index contributed by atoms with van der Waals surface area (Å²) in [5.41, 5.74) is 6.49. The molecule has 1 aromatic rings. The van der Waals surface area contributed by atoms with Crippen LogP contribution in [0.15, 0.2) is 24.3 Å². The first-order chi connectivity index (χ1) is 7.63. The highest BCUT2D eigenvalue weighted by Gasteiger charge is 2.10. The van der Waals surface area contributed by atoms with Gasteiger partial charge < -0.3 is 11.1 Å². The van der Waals surface area contributed by atoms with Crippen LogP contribution in [0, 0.1) is 5.82 Å². The van der Waals surface area contributed by atoms with Crippen molar-refractivity contribution in [2.75, 3.05) is 0 Å². The molecule has 1 aromatic carbocycles. The first-order valence-corrected chi connectivity index (χ1v) is 5.85. The number of rotatable bonds is 5. The van der Waals surface area contributed by atoms with Crippen molar-refractivity contribution < 1.29 is 4.39 Å². The molecule has 1 rings (SSSR count). The van der Waals surface area contributed by atoms with Gasteiger partial charge in [-0.15, -0.1) is 0 Å². The maximum absolute atomic E-state index is 12.8. The molecule has 0 unspecified atom stereocenters. The van der Waals surface area contributed by atoms with Crippen molar-refractivity contribution in [2.45, 2.75) is 32.2 Å². The van der Waals surface area contributed by atoms with Gasteiger partial charge in [-0.05, 0) is 36.3 Å². The van der Waals surface area contributed by atoms with Gasteiger partial charge in [-0.1, -0.05) is 31.9 Å². The summed E-state index contributed by atoms with van der Waals surface area (Å²) in [5, 5.41) is 3.32. The number of hydrogen-bond acceptors (Lipinski definition) is 1. The molecule has 0 saturated heterocycles. The molecule has 16 heavy (non-hydrogen) atoms. The topological polar surface area (TPSA) is 38.0 Å². The molecule has 0 fully saturated rings. The molecule has 0 aliphatic carbocycles. The third kappa shape index (κ3) is 4.14. The first kappa shape index (κ1) is 12.9. The van der Waals surface area contributed by atoms with Crippen molar-refractivity contribution in [3.05, 3.63) is 35.6 Å². The molecule has 2 nitrogen and oxygen atoms in total. The Morgan fingerprint density at radius 1 is 1.44 bits per heavy atom. The van der Waals surface area contributed by atoms with E-state index in [9.17, 15) is 4.39 Å². The summed E-state index contributed by atoms with van der Waals surface area (Å²) in [6.45, 7) is 2.13. The minimum atomic E-state index is -0.228. The summed E-state index contributed by atoms with van der Waals surface area (Å²) in [5.74, 6) is -0.228. The Morgan fingerprint density at radius 3 is 2.56 bits per heavy atom. The molecule has 0 heterocycles. The molecule has 0 aliphatic rings. The third-order valence-corrected chi connectivity index (χ3v) is 2.55. The quantitative estimate of drug-likeness (QED) is 0.777. The minimum absolute atomic E-state index is 0.0815. The van der Waals surface area contributed by atoms with E-state index in [0.29, 0.717) is 0 Å². The molecular formula is C12H17FN2S. The molecule has 0 aliphatic heterocycles. The monoisotopic (exact) mass is 240 g/mol. The van der Waals surface area contributed by atoms with Gasteiger partial charge in [0.25, 0.3) is 0 Å². The van der Waals surface area contributed by atoms with Crippen LogP contribution in [-0.4, -0.2) is 5.11 Å². The summed E-state index contributed by atoms with van der Waals surface area (Å²) in [6.07, 6.45) is 3.13. The zero-order valence-corrected chi connectivity index (χ0v) is 10.2. The fraction of sp³-hybridized carbons (Fsp3) is 0.417. The lowest BCUT2D eigenvalue weighted by Gasteiger charge is -2.19. The molecule has 0 saturated carbocycles. The second kappa shape index (κ2) is 6.43. The van der Waals surface area contributed by atoms with Crippen LogP contribution >= 0.6 is 12.2 Å². The second-order valence-electron chi connectivity index (χ2n) is 3.75. The maximum Gasteiger partial charge on any atom is 0.164 e. The largest absolute Gasteiger partial charge is 0.376 e. The molecule has 0 spiro atoms. The fourth-order valence-corrected chi connectivity index (χ4v) is 1.74. The van der Waals surface area contributed by atoms with Crippen molar-refractivity contribution in [2.24, 2.45) is 5.73 Å². The second-order valence-corrected chi connectivity index (χ2v) is 4.19. The van der Waals surface area contributed by atoms with Crippen molar-refractivity contribution >= 4 is 17.3 Å². The van der Waals surface area contributed by atoms with Crippen LogP contribution < -0.4 is 11.1 Å². The van der Waals surface area contributed by atoms with Crippen LogP contribution in [0.5, 0.6) is 0 Å². The molecule has 4 heteroatoms. The summed E-state index contributed by atoms with van der Waals surface area (Å²) in [4.78, 5) is 0. The number of benzene rings is 1. The lowest BCUT2D eigenvalue weighted by atomic mass is 10.0. The summed E-state index contributed by atoms with van der Waals surface area (Å²) >= 11 is 4.84. The van der Waals surface area contributed by atoms with Gasteiger partial charge >= 0.3 is 0 Å². The van der Waals surface area contributed by atoms with Gasteiger partial charge in [0, 0.05) is 0 Å². The Hall–Kier alpha value is -1.16. The average molecular weight is 240 g/mol. The molecule has 88 valence electrons. The molecule has 0 bridgehead atoms. The Kier molecular flexibility index (Phi) is 5.19. The summed E-state index contributed by atoms with van der Waals surface area (Å²) < 4.78 is 12.8. The van der Waals surface area contributed by atoms with Crippen LogP contribution in [0.4, 0.5) is 4.39 Å². The van der Waals surface area contributed by atoms with E-state index in [0.717, 1.165) is 24.8 Å². The van der Waals surface area contributed by atoms with E-state index in [1.54, 1.807) is 12.1 Å². The zero-order chi connectivity index (χ0) is 12.0. The van der Waals surface area contributed by atoms with Gasteiger partial charge in [0.2, 0.25) is 0 Å². The smallest absolute Gasteiger partial charge is 0.164 e. The third-order valence-electron chi connectivity index (χ3n) is 2.44. The minimum Gasteiger partial charge on any atom is -0.376 e. The number of hydrogen-bond donors (Lipinski definition) is 2. The number of halogens is 1. The Balaban J connectivity index is 2.74. The number of nitrogens with two attached hydrogens (primary N) is 1. The Bertz CT molecular complexity index is 337. The van der Waals surface area contributed by atoms with E-state index in [1.807, 2.05) is 0 Å². The lowest BCUT2D eigenvalue weighted by Crippen LogP contribution is -2.32. The van der Waals surface area contributed by atoms with Crippen molar-refractivity contribution in [3.63, 3.8) is 0 Å². The summed E-state index contributed by atoms with van der Waals surface area (Å²) in [6, 6.07) is 6.52. The van der Waals surface area contributed by atoms with Crippen LogP contribution in [0.1, 0.15) is 37.8 Å². The molecular weight excluding hydrogens is 223 g/mol. The molecule has 3 N–H and O–H groups in total. The Labute approximate surface area is 101 Å². The van der Waals surface area contributed by atoms with Crippen molar-refractivity contribution in [1.82, 2.24) is 5.32 Å². The van der Waals surface area contributed by atoms with Gasteiger partial charge in [0.1, 0.15) is 5.82 Å². The van der Waals surface area contributed by atoms with E-state index < -0.39 is 0 Å². The zero-order valence-electron chi connectivity index (χ0n) is 9.37. The van der Waals surface area contributed by atoms with Gasteiger partial charge in [0.05, 0.1) is 6.04 Å². The predicted octanol–water partition coefficient (Wildman–Crippen LogP) is 2.89. The molecule has 0 amide bonds. The van der Waals surface area contributed by atoms with Gasteiger partial charge in [-0.25, -0.2) is 4.39 Å². The standard InChI is InChI=1S/C12H17FN2S/c1-2-3-4-11(15-12(14)16)9-5-7-10(13)8-6-9/h5-8,11H,2-4H2,1H3,(H3,14,15,16)/t11-/m0/s1. The van der Waals surface area contributed by atoms with Crippen molar-refractivity contribution in [1.29, 1.82) is 0 Å². The van der Waals surface area contributed by atoms with Crippen LogP contribution in [0.2, 0.25) is 0 Å². The predicted molar refractivity (Wildman–Crippen MR) is 68.6 cm³/mol. The average Bonchev–Trinajstić information content (AvgIpc) is 2.25. The highest BCUT2D eigenvalue weighted by atomic mass is 32.1. The highest BCUT2D eigenvalue weighted by molar-refractivity contribution is 7.80. The van der Waals surface area contributed by atoms with E-state index >= 15 is 0 Å². The van der Waals surface area contributed by atoms with Crippen LogP contribution in [0.25, 0.3) is 0 Å². The highest BCUT2D eigenvalue weighted by Crippen LogP contribution is 2.19. The number of nitrogens with one attached hydrogen (secondary N) is 1. The maximum atomic E-state index is 12.8. The van der Waals surface area contributed by atoms with Crippen LogP contribution in [0.3, 0.4) is 0 Å². The number of unbranched alkanes of at least 4 members (excludes halogenated alkanes) is 1. The van der Waals surface area contributed by atoms with E-state index in [2.05, 4.69) is 12.2 Å². The van der Waals surface area contributed by atoms with Gasteiger partial charge in [-0.3, -0.25) is 0 Å². The molecule has 1 atom stereocenters. The lowest BCUT2D eigenvalue weighted by molar-refractivity contribution is 0.555. The fourth-order valence-electron chi connectivity index (χ4n) is 1.60. The summed E-state index contributed by atoms with van der Waals surface area (Å²) in [7, 11) is 0. The van der Waals surface area contributed by atoms with E-state index in [-0.39, 0.29) is 17.0 Å². The van der Waals surface area contributed by atoms with Crippen molar-refractivity contribution in [3.8, 4) is 0 Å². The molecule has 0 radical (unpaired) electrons. The number of thiocarbonyl (C=S) groups is 1. The van der Waals surface area contributed by atoms with Gasteiger partial charge in [0.15, 0.2) is 5.11 Å². The normalized spacial score (nSPS) is 12.1. The Morgan fingerprint density at radius 2 is 2.06 bits per heavy atom. The SMILES string of the molecule is CCCC[C@H](NC(N)=S)c1ccc(F)cc1.